The summed E-state index contributed by atoms with van der Waals surface area (Å²) in [6.07, 6.45) is 0. The van der Waals surface area contributed by atoms with E-state index in [1.165, 1.54) is 16.4 Å². The molecule has 0 saturated heterocycles. The van der Waals surface area contributed by atoms with Crippen molar-refractivity contribution in [1.82, 2.24) is 4.31 Å². The van der Waals surface area contributed by atoms with Gasteiger partial charge in [-0.2, -0.15) is 4.31 Å². The lowest BCUT2D eigenvalue weighted by atomic mass is 10.2. The van der Waals surface area contributed by atoms with Crippen molar-refractivity contribution < 1.29 is 17.6 Å². The Hall–Kier alpha value is -2.35. The molecule has 0 aliphatic rings. The van der Waals surface area contributed by atoms with Gasteiger partial charge in [0.1, 0.15) is 10.5 Å². The van der Waals surface area contributed by atoms with Gasteiger partial charge in [-0.1, -0.05) is 43.6 Å². The Morgan fingerprint density at radius 3 is 2.48 bits per heavy atom. The van der Waals surface area contributed by atoms with Gasteiger partial charge in [0.15, 0.2) is 5.76 Å². The van der Waals surface area contributed by atoms with Crippen molar-refractivity contribution in [2.45, 2.75) is 18.7 Å². The first-order valence-corrected chi connectivity index (χ1v) is 10.3. The van der Waals surface area contributed by atoms with E-state index >= 15 is 0 Å². The van der Waals surface area contributed by atoms with Gasteiger partial charge in [-0.3, -0.25) is 4.79 Å². The summed E-state index contributed by atoms with van der Waals surface area (Å²) < 4.78 is 32.3. The minimum atomic E-state index is -3.75. The van der Waals surface area contributed by atoms with Gasteiger partial charge >= 0.3 is 0 Å². The SMILES string of the molecule is CCN(CC)S(=O)(=O)c1cc(NC(=O)c2cc3ccccc3o2)ccc1Cl. The topological polar surface area (TPSA) is 79.6 Å². The highest BCUT2D eigenvalue weighted by atomic mass is 35.5. The summed E-state index contributed by atoms with van der Waals surface area (Å²) in [5.74, 6) is -0.334. The molecule has 8 heteroatoms. The van der Waals surface area contributed by atoms with Crippen LogP contribution in [0.3, 0.4) is 0 Å². The molecule has 1 amide bonds. The Balaban J connectivity index is 1.90. The van der Waals surface area contributed by atoms with Gasteiger partial charge in [-0.25, -0.2) is 8.42 Å². The number of sulfonamides is 1. The predicted molar refractivity (Wildman–Crippen MR) is 106 cm³/mol. The van der Waals surface area contributed by atoms with E-state index in [2.05, 4.69) is 5.32 Å². The molecule has 0 spiro atoms. The van der Waals surface area contributed by atoms with E-state index in [0.29, 0.717) is 24.4 Å². The van der Waals surface area contributed by atoms with Gasteiger partial charge in [-0.15, -0.1) is 0 Å². The summed E-state index contributed by atoms with van der Waals surface area (Å²) in [5.41, 5.74) is 0.916. The van der Waals surface area contributed by atoms with Crippen LogP contribution in [0.1, 0.15) is 24.4 Å². The average Bonchev–Trinajstić information content (AvgIpc) is 3.08. The summed E-state index contributed by atoms with van der Waals surface area (Å²) in [6.45, 7) is 4.15. The number of fused-ring (bicyclic) bond motifs is 1. The van der Waals surface area contributed by atoms with Crippen molar-refractivity contribution in [1.29, 1.82) is 0 Å². The molecular weight excluding hydrogens is 388 g/mol. The molecule has 0 bridgehead atoms. The van der Waals surface area contributed by atoms with Crippen LogP contribution < -0.4 is 5.32 Å². The lowest BCUT2D eigenvalue weighted by Crippen LogP contribution is -2.30. The maximum Gasteiger partial charge on any atom is 0.291 e. The Morgan fingerprint density at radius 2 is 1.81 bits per heavy atom. The van der Waals surface area contributed by atoms with Crippen molar-refractivity contribution in [3.8, 4) is 0 Å². The fraction of sp³-hybridized carbons (Fsp3) is 0.211. The first kappa shape index (κ1) is 19.4. The highest BCUT2D eigenvalue weighted by Gasteiger charge is 2.25. The van der Waals surface area contributed by atoms with Gasteiger partial charge in [0.05, 0.1) is 5.02 Å². The van der Waals surface area contributed by atoms with Gasteiger partial charge in [-0.05, 0) is 30.3 Å². The number of hydrogen-bond acceptors (Lipinski definition) is 4. The molecule has 2 aromatic carbocycles. The van der Waals surface area contributed by atoms with Crippen molar-refractivity contribution in [2.24, 2.45) is 0 Å². The van der Waals surface area contributed by atoms with Crippen LogP contribution in [0.4, 0.5) is 5.69 Å². The molecule has 0 aliphatic heterocycles. The number of furan rings is 1. The maximum absolute atomic E-state index is 12.8. The largest absolute Gasteiger partial charge is 0.451 e. The zero-order valence-corrected chi connectivity index (χ0v) is 16.5. The van der Waals surface area contributed by atoms with Crippen LogP contribution in [0.5, 0.6) is 0 Å². The number of hydrogen-bond donors (Lipinski definition) is 1. The normalized spacial score (nSPS) is 11.9. The Bertz CT molecular complexity index is 1060. The van der Waals surface area contributed by atoms with Crippen LogP contribution in [-0.4, -0.2) is 31.7 Å². The van der Waals surface area contributed by atoms with Crippen LogP contribution >= 0.6 is 11.6 Å². The number of anilines is 1. The van der Waals surface area contributed by atoms with Crippen molar-refractivity contribution >= 4 is 44.2 Å². The highest BCUT2D eigenvalue weighted by Crippen LogP contribution is 2.28. The predicted octanol–water partition coefficient (Wildman–Crippen LogP) is 4.37. The van der Waals surface area contributed by atoms with Crippen molar-refractivity contribution in [3.63, 3.8) is 0 Å². The molecule has 0 unspecified atom stereocenters. The molecule has 0 aliphatic carbocycles. The quantitative estimate of drug-likeness (QED) is 0.659. The lowest BCUT2D eigenvalue weighted by Gasteiger charge is -2.19. The van der Waals surface area contributed by atoms with Gasteiger partial charge in [0.2, 0.25) is 10.0 Å². The van der Waals surface area contributed by atoms with Crippen LogP contribution in [0, 0.1) is 0 Å². The summed E-state index contributed by atoms with van der Waals surface area (Å²) in [4.78, 5) is 12.4. The summed E-state index contributed by atoms with van der Waals surface area (Å²) in [6, 6.07) is 13.3. The number of nitrogens with one attached hydrogen (secondary N) is 1. The molecular formula is C19H19ClN2O4S. The van der Waals surface area contributed by atoms with E-state index in [4.69, 9.17) is 16.0 Å². The van der Waals surface area contributed by atoms with Crippen LogP contribution in [0.15, 0.2) is 57.8 Å². The second kappa shape index (κ2) is 7.72. The Labute approximate surface area is 162 Å². The van der Waals surface area contributed by atoms with E-state index in [0.717, 1.165) is 5.39 Å². The first-order chi connectivity index (χ1) is 12.9. The first-order valence-electron chi connectivity index (χ1n) is 8.46. The minimum Gasteiger partial charge on any atom is -0.451 e. The molecule has 0 saturated carbocycles. The van der Waals surface area contributed by atoms with Crippen molar-refractivity contribution in [3.05, 3.63) is 59.3 Å². The number of carbonyl (C=O) groups is 1. The van der Waals surface area contributed by atoms with Crippen LogP contribution in [-0.2, 0) is 10.0 Å². The monoisotopic (exact) mass is 406 g/mol. The third-order valence-electron chi connectivity index (χ3n) is 4.16. The van der Waals surface area contributed by atoms with Crippen molar-refractivity contribution in [2.75, 3.05) is 18.4 Å². The highest BCUT2D eigenvalue weighted by molar-refractivity contribution is 7.89. The number of halogens is 1. The molecule has 0 radical (unpaired) electrons. The smallest absolute Gasteiger partial charge is 0.291 e. The fourth-order valence-corrected chi connectivity index (χ4v) is 4.73. The van der Waals surface area contributed by atoms with Crippen LogP contribution in [0.25, 0.3) is 11.0 Å². The third-order valence-corrected chi connectivity index (χ3v) is 6.69. The molecule has 1 aromatic heterocycles. The summed E-state index contributed by atoms with van der Waals surface area (Å²) >= 11 is 6.11. The molecule has 3 aromatic rings. The van der Waals surface area contributed by atoms with E-state index in [1.807, 2.05) is 18.2 Å². The fourth-order valence-electron chi connectivity index (χ4n) is 2.77. The maximum atomic E-state index is 12.8. The van der Waals surface area contributed by atoms with E-state index in [1.54, 1.807) is 32.0 Å². The molecule has 1 heterocycles. The molecule has 0 atom stereocenters. The summed E-state index contributed by atoms with van der Waals surface area (Å²) in [7, 11) is -3.75. The number of nitrogens with zero attached hydrogens (tertiary/aromatic N) is 1. The third kappa shape index (κ3) is 3.85. The number of amides is 1. The molecule has 0 fully saturated rings. The molecule has 6 nitrogen and oxygen atoms in total. The average molecular weight is 407 g/mol. The van der Waals surface area contributed by atoms with Gasteiger partial charge in [0.25, 0.3) is 5.91 Å². The molecule has 142 valence electrons. The molecule has 27 heavy (non-hydrogen) atoms. The van der Waals surface area contributed by atoms with Crippen LogP contribution in [0.2, 0.25) is 5.02 Å². The Kier molecular flexibility index (Phi) is 5.55. The van der Waals surface area contributed by atoms with E-state index in [9.17, 15) is 13.2 Å². The summed E-state index contributed by atoms with van der Waals surface area (Å²) in [5, 5.41) is 3.57. The van der Waals surface area contributed by atoms with E-state index in [-0.39, 0.29) is 15.7 Å². The number of carbonyl (C=O) groups excluding carboxylic acids is 1. The Morgan fingerprint density at radius 1 is 1.11 bits per heavy atom. The second-order valence-corrected chi connectivity index (χ2v) is 8.15. The second-order valence-electron chi connectivity index (χ2n) is 5.84. The molecule has 1 N–H and O–H groups in total. The standard InChI is InChI=1S/C19H19ClN2O4S/c1-3-22(4-2)27(24,25)18-12-14(9-10-15(18)20)21-19(23)17-11-13-7-5-6-8-16(13)26-17/h5-12H,3-4H2,1-2H3,(H,21,23). The van der Waals surface area contributed by atoms with Gasteiger partial charge in [0, 0.05) is 24.2 Å². The van der Waals surface area contributed by atoms with Gasteiger partial charge < -0.3 is 9.73 Å². The zero-order valence-electron chi connectivity index (χ0n) is 14.9. The minimum absolute atomic E-state index is 0.0460. The lowest BCUT2D eigenvalue weighted by molar-refractivity contribution is 0.0998. The number of para-hydroxylation sites is 1. The molecule has 3 rings (SSSR count). The zero-order chi connectivity index (χ0) is 19.6. The number of rotatable bonds is 6. The van der Waals surface area contributed by atoms with E-state index < -0.39 is 15.9 Å². The number of benzene rings is 2.